The average molecular weight is 247 g/mol. The molecule has 18 heavy (non-hydrogen) atoms. The first kappa shape index (κ1) is 13.2. The van der Waals surface area contributed by atoms with Crippen molar-refractivity contribution < 1.29 is 9.90 Å². The lowest BCUT2D eigenvalue weighted by Crippen LogP contribution is -2.56. The third-order valence-electron chi connectivity index (χ3n) is 4.44. The van der Waals surface area contributed by atoms with E-state index in [1.807, 2.05) is 18.2 Å². The molecule has 3 nitrogen and oxygen atoms in total. The summed E-state index contributed by atoms with van der Waals surface area (Å²) in [5.41, 5.74) is 6.78. The average Bonchev–Trinajstić information content (AvgIpc) is 2.37. The summed E-state index contributed by atoms with van der Waals surface area (Å²) in [6.45, 7) is 2.10. The molecule has 0 fully saturated rings. The number of nitrogens with two attached hydrogens (primary N) is 1. The second kappa shape index (κ2) is 4.82. The molecule has 2 rings (SSSR count). The van der Waals surface area contributed by atoms with Crippen molar-refractivity contribution in [2.24, 2.45) is 5.73 Å². The van der Waals surface area contributed by atoms with E-state index in [0.29, 0.717) is 6.54 Å². The van der Waals surface area contributed by atoms with E-state index in [4.69, 9.17) is 5.73 Å². The van der Waals surface area contributed by atoms with Gasteiger partial charge in [-0.1, -0.05) is 24.3 Å². The Kier molecular flexibility index (Phi) is 3.55. The summed E-state index contributed by atoms with van der Waals surface area (Å²) >= 11 is 0. The molecule has 0 spiro atoms. The number of rotatable bonds is 4. The summed E-state index contributed by atoms with van der Waals surface area (Å²) in [6.07, 6.45) is 3.77. The van der Waals surface area contributed by atoms with E-state index in [2.05, 4.69) is 6.07 Å². The molecule has 2 unspecified atom stereocenters. The fourth-order valence-corrected chi connectivity index (χ4v) is 3.27. The van der Waals surface area contributed by atoms with Gasteiger partial charge in [-0.15, -0.1) is 0 Å². The standard InChI is InChI=1S/C15H21NO2/c1-14(18,9-10-17)15(11-16)8-4-6-12-5-2-3-7-13(12)15/h2-3,5,7,10,18H,4,6,8-9,11,16H2,1H3. The highest BCUT2D eigenvalue weighted by Gasteiger charge is 2.48. The Morgan fingerprint density at radius 1 is 1.50 bits per heavy atom. The van der Waals surface area contributed by atoms with Gasteiger partial charge in [0.2, 0.25) is 0 Å². The number of carbonyl (C=O) groups is 1. The lowest BCUT2D eigenvalue weighted by Gasteiger charge is -2.48. The van der Waals surface area contributed by atoms with Crippen molar-refractivity contribution in [1.29, 1.82) is 0 Å². The Balaban J connectivity index is 2.55. The van der Waals surface area contributed by atoms with Crippen LogP contribution in [0.3, 0.4) is 0 Å². The van der Waals surface area contributed by atoms with E-state index >= 15 is 0 Å². The van der Waals surface area contributed by atoms with E-state index in [-0.39, 0.29) is 6.42 Å². The molecular weight excluding hydrogens is 226 g/mol. The van der Waals surface area contributed by atoms with Crippen LogP contribution in [0.1, 0.15) is 37.3 Å². The molecule has 0 aromatic heterocycles. The normalized spacial score (nSPS) is 26.2. The van der Waals surface area contributed by atoms with Crippen molar-refractivity contribution in [3.05, 3.63) is 35.4 Å². The number of hydrogen-bond acceptors (Lipinski definition) is 3. The fraction of sp³-hybridized carbons (Fsp3) is 0.533. The van der Waals surface area contributed by atoms with Gasteiger partial charge in [-0.2, -0.15) is 0 Å². The molecule has 0 bridgehead atoms. The zero-order valence-corrected chi connectivity index (χ0v) is 10.9. The van der Waals surface area contributed by atoms with Crippen molar-refractivity contribution in [2.45, 2.75) is 43.6 Å². The molecule has 0 aliphatic heterocycles. The predicted octanol–water partition coefficient (Wildman–Crippen LogP) is 1.56. The SMILES string of the molecule is CC(O)(CC=O)C1(CN)CCCc2ccccc21. The first-order chi connectivity index (χ1) is 8.57. The van der Waals surface area contributed by atoms with Crippen LogP contribution in [0.5, 0.6) is 0 Å². The molecule has 3 heteroatoms. The molecule has 0 heterocycles. The smallest absolute Gasteiger partial charge is 0.122 e. The van der Waals surface area contributed by atoms with Gasteiger partial charge in [0, 0.05) is 18.4 Å². The summed E-state index contributed by atoms with van der Waals surface area (Å²) in [4.78, 5) is 10.8. The maximum absolute atomic E-state index is 10.8. The van der Waals surface area contributed by atoms with Crippen LogP contribution in [0.15, 0.2) is 24.3 Å². The number of fused-ring (bicyclic) bond motifs is 1. The van der Waals surface area contributed by atoms with Gasteiger partial charge in [0.25, 0.3) is 0 Å². The van der Waals surface area contributed by atoms with Crippen molar-refractivity contribution in [1.82, 2.24) is 0 Å². The Bertz CT molecular complexity index is 442. The Labute approximate surface area is 108 Å². The van der Waals surface area contributed by atoms with E-state index < -0.39 is 11.0 Å². The first-order valence-electron chi connectivity index (χ1n) is 6.52. The first-order valence-corrected chi connectivity index (χ1v) is 6.52. The lowest BCUT2D eigenvalue weighted by molar-refractivity contribution is -0.115. The van der Waals surface area contributed by atoms with E-state index in [0.717, 1.165) is 31.1 Å². The monoisotopic (exact) mass is 247 g/mol. The molecule has 0 saturated carbocycles. The number of aliphatic hydroxyl groups is 1. The second-order valence-corrected chi connectivity index (χ2v) is 5.44. The van der Waals surface area contributed by atoms with Crippen LogP contribution in [0, 0.1) is 0 Å². The summed E-state index contributed by atoms with van der Waals surface area (Å²) in [5, 5.41) is 10.7. The van der Waals surface area contributed by atoms with Gasteiger partial charge in [-0.05, 0) is 37.3 Å². The van der Waals surface area contributed by atoms with Crippen LogP contribution in [0.4, 0.5) is 0 Å². The predicted molar refractivity (Wildman–Crippen MR) is 71.4 cm³/mol. The van der Waals surface area contributed by atoms with E-state index in [1.165, 1.54) is 5.56 Å². The molecule has 0 amide bonds. The molecular formula is C15H21NO2. The van der Waals surface area contributed by atoms with Gasteiger partial charge in [0.1, 0.15) is 6.29 Å². The number of aryl methyl sites for hydroxylation is 1. The molecule has 3 N–H and O–H groups in total. The lowest BCUT2D eigenvalue weighted by atomic mass is 9.60. The largest absolute Gasteiger partial charge is 0.389 e. The molecule has 0 radical (unpaired) electrons. The molecule has 0 saturated heterocycles. The van der Waals surface area contributed by atoms with Gasteiger partial charge in [0.15, 0.2) is 0 Å². The Morgan fingerprint density at radius 2 is 2.22 bits per heavy atom. The zero-order valence-electron chi connectivity index (χ0n) is 10.9. The number of benzene rings is 1. The van der Waals surface area contributed by atoms with Crippen LogP contribution in [-0.4, -0.2) is 23.5 Å². The molecule has 1 aliphatic carbocycles. The second-order valence-electron chi connectivity index (χ2n) is 5.44. The third kappa shape index (κ3) is 1.88. The van der Waals surface area contributed by atoms with Crippen molar-refractivity contribution in [2.75, 3.05) is 6.54 Å². The topological polar surface area (TPSA) is 63.3 Å². The van der Waals surface area contributed by atoms with Gasteiger partial charge >= 0.3 is 0 Å². The van der Waals surface area contributed by atoms with Gasteiger partial charge in [0.05, 0.1) is 5.60 Å². The van der Waals surface area contributed by atoms with Crippen LogP contribution in [0.25, 0.3) is 0 Å². The van der Waals surface area contributed by atoms with E-state index in [9.17, 15) is 9.90 Å². The zero-order chi connectivity index (χ0) is 13.2. The minimum Gasteiger partial charge on any atom is -0.389 e. The van der Waals surface area contributed by atoms with E-state index in [1.54, 1.807) is 6.92 Å². The summed E-state index contributed by atoms with van der Waals surface area (Å²) in [7, 11) is 0. The van der Waals surface area contributed by atoms with Crippen molar-refractivity contribution >= 4 is 6.29 Å². The molecule has 1 aromatic rings. The summed E-state index contributed by atoms with van der Waals surface area (Å²) < 4.78 is 0. The third-order valence-corrected chi connectivity index (χ3v) is 4.44. The quantitative estimate of drug-likeness (QED) is 0.794. The Hall–Kier alpha value is -1.19. The minimum atomic E-state index is -1.08. The van der Waals surface area contributed by atoms with Crippen LogP contribution >= 0.6 is 0 Å². The highest BCUT2D eigenvalue weighted by Crippen LogP contribution is 2.45. The van der Waals surface area contributed by atoms with Gasteiger partial charge in [-0.25, -0.2) is 0 Å². The Morgan fingerprint density at radius 3 is 2.89 bits per heavy atom. The molecule has 1 aliphatic rings. The highest BCUT2D eigenvalue weighted by atomic mass is 16.3. The van der Waals surface area contributed by atoms with Gasteiger partial charge in [-0.3, -0.25) is 0 Å². The highest BCUT2D eigenvalue weighted by molar-refractivity contribution is 5.53. The number of aldehydes is 1. The number of carbonyl (C=O) groups excluding carboxylic acids is 1. The molecule has 1 aromatic carbocycles. The summed E-state index contributed by atoms with van der Waals surface area (Å²) in [6, 6.07) is 8.13. The molecule has 98 valence electrons. The summed E-state index contributed by atoms with van der Waals surface area (Å²) in [5.74, 6) is 0. The van der Waals surface area contributed by atoms with Crippen molar-refractivity contribution in [3.63, 3.8) is 0 Å². The minimum absolute atomic E-state index is 0.124. The van der Waals surface area contributed by atoms with Gasteiger partial charge < -0.3 is 15.6 Å². The van der Waals surface area contributed by atoms with Crippen LogP contribution in [-0.2, 0) is 16.6 Å². The van der Waals surface area contributed by atoms with Crippen LogP contribution < -0.4 is 5.73 Å². The van der Waals surface area contributed by atoms with Crippen LogP contribution in [0.2, 0.25) is 0 Å². The van der Waals surface area contributed by atoms with Crippen molar-refractivity contribution in [3.8, 4) is 0 Å². The maximum atomic E-state index is 10.8. The number of hydrogen-bond donors (Lipinski definition) is 2. The molecule has 2 atom stereocenters. The maximum Gasteiger partial charge on any atom is 0.122 e. The fourth-order valence-electron chi connectivity index (χ4n) is 3.27.